The van der Waals surface area contributed by atoms with Crippen LogP contribution in [0.3, 0.4) is 0 Å². The normalized spacial score (nSPS) is 13.1. The summed E-state index contributed by atoms with van der Waals surface area (Å²) in [5.74, 6) is -1.10. The molecule has 0 aromatic heterocycles. The van der Waals surface area contributed by atoms with Gasteiger partial charge in [-0.1, -0.05) is 276 Å². The number of hydrogen-bond donors (Lipinski definition) is 0. The van der Waals surface area contributed by atoms with Gasteiger partial charge in [-0.2, -0.15) is 0 Å². The summed E-state index contributed by atoms with van der Waals surface area (Å²) in [6, 6.07) is 0. The second-order valence-electron chi connectivity index (χ2n) is 19.5. The van der Waals surface area contributed by atoms with Gasteiger partial charge in [0.2, 0.25) is 0 Å². The first-order chi connectivity index (χ1) is 36.5. The number of hydrogen-bond acceptors (Lipinski definition) is 6. The molecule has 0 aromatic carbocycles. The highest BCUT2D eigenvalue weighted by Gasteiger charge is 2.19. The van der Waals surface area contributed by atoms with Crippen molar-refractivity contribution in [3.8, 4) is 0 Å². The lowest BCUT2D eigenvalue weighted by Gasteiger charge is -2.18. The summed E-state index contributed by atoms with van der Waals surface area (Å²) in [5.41, 5.74) is 0. The highest BCUT2D eigenvalue weighted by molar-refractivity contribution is 5.72. The van der Waals surface area contributed by atoms with Crippen LogP contribution in [0.5, 0.6) is 0 Å². The highest BCUT2D eigenvalue weighted by atomic mass is 16.6. The molecule has 418 valence electrons. The van der Waals surface area contributed by atoms with Crippen LogP contribution in [0, 0.1) is 0 Å². The maximum absolute atomic E-state index is 12.9. The van der Waals surface area contributed by atoms with E-state index in [1.807, 2.05) is 6.08 Å². The van der Waals surface area contributed by atoms with Gasteiger partial charge >= 0.3 is 17.9 Å². The maximum Gasteiger partial charge on any atom is 0.309 e. The lowest BCUT2D eigenvalue weighted by molar-refractivity contribution is -0.166. The van der Waals surface area contributed by atoms with Crippen molar-refractivity contribution in [3.63, 3.8) is 0 Å². The summed E-state index contributed by atoms with van der Waals surface area (Å²) in [7, 11) is 0. The smallest absolute Gasteiger partial charge is 0.309 e. The van der Waals surface area contributed by atoms with Gasteiger partial charge in [0, 0.05) is 12.8 Å². The Morgan fingerprint density at radius 1 is 0.297 bits per heavy atom. The molecule has 0 saturated heterocycles. The van der Waals surface area contributed by atoms with Crippen LogP contribution >= 0.6 is 0 Å². The molecule has 0 aromatic rings. The molecular weight excluding hydrogens is 913 g/mol. The van der Waals surface area contributed by atoms with Crippen molar-refractivity contribution >= 4 is 17.9 Å². The molecule has 6 nitrogen and oxygen atoms in total. The molecule has 0 rings (SSSR count). The first kappa shape index (κ1) is 69.5. The Balaban J connectivity index is 4.54. The Morgan fingerprint density at radius 3 is 0.946 bits per heavy atom. The number of unbranched alkanes of at least 4 members (excludes halogenated alkanes) is 21. The Morgan fingerprint density at radius 2 is 0.581 bits per heavy atom. The molecule has 0 saturated carbocycles. The molecule has 74 heavy (non-hydrogen) atoms. The third-order valence-electron chi connectivity index (χ3n) is 12.4. The topological polar surface area (TPSA) is 78.9 Å². The van der Waals surface area contributed by atoms with Crippen LogP contribution < -0.4 is 0 Å². The van der Waals surface area contributed by atoms with Gasteiger partial charge in [0.05, 0.1) is 6.42 Å². The van der Waals surface area contributed by atoms with Crippen LogP contribution in [-0.4, -0.2) is 37.2 Å². The zero-order valence-electron chi connectivity index (χ0n) is 47.8. The molecule has 1 unspecified atom stereocenters. The van der Waals surface area contributed by atoms with Crippen molar-refractivity contribution in [1.29, 1.82) is 0 Å². The van der Waals surface area contributed by atoms with E-state index in [0.29, 0.717) is 12.8 Å². The third-order valence-corrected chi connectivity index (χ3v) is 12.4. The standard InChI is InChI=1S/C68H110O6/c1-4-7-10-13-16-19-22-25-28-30-32-34-36-37-40-43-46-49-52-55-58-61-67(70)73-64-65(63-72-66(69)60-57-54-51-48-45-42-39-27-24-21-18-15-12-9-6-3)74-68(71)62-59-56-53-50-47-44-41-38-35-33-31-29-26-23-20-17-14-11-8-5-2/h7,9-10,12,16,18-19,21,25,27-28,32,34,37,39-40,45-46,48-49,54,57,65H,4-6,8,11,13-15,17,20,22-24,26,29-31,33,35-36,38,41-44,47,50-53,55-56,58-64H2,1-3H3/b10-7-,12-9-,19-16-,21-18-,28-25-,34-32-,39-27-,40-37-,48-45-,49-46-,57-54-. The van der Waals surface area contributed by atoms with E-state index in [2.05, 4.69) is 142 Å². The largest absolute Gasteiger partial charge is 0.462 e. The van der Waals surface area contributed by atoms with Crippen LogP contribution in [0.15, 0.2) is 134 Å². The molecule has 0 aliphatic carbocycles. The van der Waals surface area contributed by atoms with Crippen LogP contribution in [0.1, 0.15) is 258 Å². The third kappa shape index (κ3) is 58.4. The van der Waals surface area contributed by atoms with E-state index in [9.17, 15) is 14.4 Å². The number of carbonyl (C=O) groups is 3. The number of carbonyl (C=O) groups excluding carboxylic acids is 3. The summed E-state index contributed by atoms with van der Waals surface area (Å²) < 4.78 is 16.8. The monoisotopic (exact) mass is 1020 g/mol. The predicted octanol–water partition coefficient (Wildman–Crippen LogP) is 20.6. The minimum Gasteiger partial charge on any atom is -0.462 e. The first-order valence-corrected chi connectivity index (χ1v) is 30.2. The molecule has 0 aliphatic heterocycles. The van der Waals surface area contributed by atoms with E-state index in [1.54, 1.807) is 6.08 Å². The summed E-state index contributed by atoms with van der Waals surface area (Å²) in [4.78, 5) is 38.2. The van der Waals surface area contributed by atoms with Crippen molar-refractivity contribution in [1.82, 2.24) is 0 Å². The number of esters is 3. The second kappa shape index (κ2) is 61.1. The molecule has 0 aliphatic rings. The lowest BCUT2D eigenvalue weighted by Crippen LogP contribution is -2.30. The zero-order chi connectivity index (χ0) is 53.6. The predicted molar refractivity (Wildman–Crippen MR) is 320 cm³/mol. The molecule has 0 spiro atoms. The summed E-state index contributed by atoms with van der Waals surface area (Å²) >= 11 is 0. The van der Waals surface area contributed by atoms with Gasteiger partial charge < -0.3 is 14.2 Å². The summed E-state index contributed by atoms with van der Waals surface area (Å²) in [5, 5.41) is 0. The van der Waals surface area contributed by atoms with Crippen molar-refractivity contribution < 1.29 is 28.6 Å². The van der Waals surface area contributed by atoms with E-state index in [1.165, 1.54) is 109 Å². The van der Waals surface area contributed by atoms with Crippen molar-refractivity contribution in [3.05, 3.63) is 134 Å². The first-order valence-electron chi connectivity index (χ1n) is 30.2. The Labute approximate surface area is 455 Å². The van der Waals surface area contributed by atoms with Gasteiger partial charge in [0.25, 0.3) is 0 Å². The van der Waals surface area contributed by atoms with Crippen molar-refractivity contribution in [2.45, 2.75) is 264 Å². The van der Waals surface area contributed by atoms with E-state index < -0.39 is 12.1 Å². The average Bonchev–Trinajstić information content (AvgIpc) is 3.40. The van der Waals surface area contributed by atoms with E-state index in [0.717, 1.165) is 103 Å². The lowest BCUT2D eigenvalue weighted by atomic mass is 10.0. The second-order valence-corrected chi connectivity index (χ2v) is 19.5. The quantitative estimate of drug-likeness (QED) is 0.0261. The summed E-state index contributed by atoms with van der Waals surface area (Å²) in [6.45, 7) is 6.30. The fourth-order valence-electron chi connectivity index (χ4n) is 7.99. The Hall–Kier alpha value is -4.45. The molecule has 0 radical (unpaired) electrons. The molecule has 0 fully saturated rings. The van der Waals surface area contributed by atoms with Crippen molar-refractivity contribution in [2.75, 3.05) is 13.2 Å². The Kier molecular flexibility index (Phi) is 57.4. The zero-order valence-corrected chi connectivity index (χ0v) is 47.8. The molecule has 0 N–H and O–H groups in total. The van der Waals surface area contributed by atoms with Crippen LogP contribution in [-0.2, 0) is 28.6 Å². The Bertz CT molecular complexity index is 1600. The van der Waals surface area contributed by atoms with Gasteiger partial charge in [-0.3, -0.25) is 14.4 Å². The van der Waals surface area contributed by atoms with Gasteiger partial charge in [-0.05, 0) is 96.3 Å². The molecule has 0 bridgehead atoms. The minimum absolute atomic E-state index is 0.115. The molecule has 1 atom stereocenters. The van der Waals surface area contributed by atoms with Gasteiger partial charge in [0.1, 0.15) is 13.2 Å². The van der Waals surface area contributed by atoms with Gasteiger partial charge in [0.15, 0.2) is 6.10 Å². The SMILES string of the molecule is CC/C=C\C/C=C\C/C=C\C/C=C\C/C=C\C/C=C\CCCCC(=O)OCC(COC(=O)C/C=C\C/C=C\C/C=C\C/C=C\C/C=C\CC)OC(=O)CCCCCCCCCCCCCCCCCCCCCC. The van der Waals surface area contributed by atoms with Gasteiger partial charge in [-0.15, -0.1) is 0 Å². The van der Waals surface area contributed by atoms with Gasteiger partial charge in [-0.25, -0.2) is 0 Å². The van der Waals surface area contributed by atoms with Crippen molar-refractivity contribution in [2.24, 2.45) is 0 Å². The number of allylic oxidation sites excluding steroid dienone is 21. The molecule has 0 amide bonds. The molecular formula is C68H110O6. The van der Waals surface area contributed by atoms with Crippen LogP contribution in [0.25, 0.3) is 0 Å². The average molecular weight is 1020 g/mol. The molecule has 6 heteroatoms. The minimum atomic E-state index is -0.840. The number of ether oxygens (including phenoxy) is 3. The fraction of sp³-hybridized carbons (Fsp3) is 0.632. The maximum atomic E-state index is 12.9. The van der Waals surface area contributed by atoms with Crippen LogP contribution in [0.2, 0.25) is 0 Å². The number of rotatable bonds is 53. The molecule has 0 heterocycles. The fourth-order valence-corrected chi connectivity index (χ4v) is 7.99. The van der Waals surface area contributed by atoms with E-state index in [4.69, 9.17) is 14.2 Å². The van der Waals surface area contributed by atoms with Crippen LogP contribution in [0.4, 0.5) is 0 Å². The van der Waals surface area contributed by atoms with E-state index in [-0.39, 0.29) is 38.0 Å². The summed E-state index contributed by atoms with van der Waals surface area (Å²) in [6.07, 6.45) is 86.2. The van der Waals surface area contributed by atoms with E-state index >= 15 is 0 Å². The highest BCUT2D eigenvalue weighted by Crippen LogP contribution is 2.16.